The Kier molecular flexibility index (Phi) is 4.28. The van der Waals surface area contributed by atoms with Crippen LogP contribution in [-0.4, -0.2) is 43.5 Å². The van der Waals surface area contributed by atoms with Crippen LogP contribution >= 0.6 is 0 Å². The lowest BCUT2D eigenvalue weighted by Crippen LogP contribution is -2.42. The number of hydrogen-bond donors (Lipinski definition) is 1. The predicted molar refractivity (Wildman–Crippen MR) is 87.5 cm³/mol. The van der Waals surface area contributed by atoms with Gasteiger partial charge in [0.05, 0.1) is 19.1 Å². The lowest BCUT2D eigenvalue weighted by molar-refractivity contribution is -0.132. The van der Waals surface area contributed by atoms with E-state index >= 15 is 0 Å². The average molecular weight is 316 g/mol. The summed E-state index contributed by atoms with van der Waals surface area (Å²) in [5.41, 5.74) is 1.55. The Balaban J connectivity index is 1.65. The van der Waals surface area contributed by atoms with Gasteiger partial charge in [0.2, 0.25) is 11.8 Å². The smallest absolute Gasteiger partial charge is 0.241 e. The fraction of sp³-hybridized carbons (Fsp3) is 0.556. The molecule has 5 heteroatoms. The summed E-state index contributed by atoms with van der Waals surface area (Å²) in [7, 11) is 1.64. The van der Waals surface area contributed by atoms with E-state index < -0.39 is 5.41 Å². The van der Waals surface area contributed by atoms with Crippen molar-refractivity contribution >= 4 is 11.8 Å². The number of ether oxygens (including phenoxy) is 1. The summed E-state index contributed by atoms with van der Waals surface area (Å²) >= 11 is 0. The van der Waals surface area contributed by atoms with Crippen LogP contribution in [0.15, 0.2) is 18.2 Å². The molecular formula is C18H24N2O3. The number of carbonyl (C=O) groups is 2. The van der Waals surface area contributed by atoms with Gasteiger partial charge in [0.15, 0.2) is 0 Å². The van der Waals surface area contributed by atoms with E-state index in [1.807, 2.05) is 30.0 Å². The molecule has 3 rings (SSSR count). The molecule has 2 amide bonds. The Morgan fingerprint density at radius 3 is 2.57 bits per heavy atom. The maximum atomic E-state index is 12.6. The molecular weight excluding hydrogens is 292 g/mol. The van der Waals surface area contributed by atoms with E-state index in [2.05, 4.69) is 5.32 Å². The third-order valence-corrected chi connectivity index (χ3v) is 5.00. The Bertz CT molecular complexity index is 617. The summed E-state index contributed by atoms with van der Waals surface area (Å²) < 4.78 is 5.36. The first-order valence-corrected chi connectivity index (χ1v) is 8.28. The number of methoxy groups -OCH3 is 1. The standard InChI is InChI=1S/C18H24N2O3/c1-13-5-6-14(11-15(13)23-2)18(7-8-18)17(22)19-12-16(21)20-9-3-4-10-20/h5-6,11H,3-4,7-10,12H2,1-2H3,(H,19,22). The zero-order valence-electron chi connectivity index (χ0n) is 13.9. The highest BCUT2D eigenvalue weighted by Gasteiger charge is 2.51. The van der Waals surface area contributed by atoms with Gasteiger partial charge in [0.1, 0.15) is 5.75 Å². The fourth-order valence-corrected chi connectivity index (χ4v) is 3.29. The summed E-state index contributed by atoms with van der Waals surface area (Å²) in [5.74, 6) is 0.777. The molecule has 1 saturated heterocycles. The molecule has 2 aliphatic rings. The van der Waals surface area contributed by atoms with Crippen molar-refractivity contribution in [1.29, 1.82) is 0 Å². The fourth-order valence-electron chi connectivity index (χ4n) is 3.29. The number of nitrogens with zero attached hydrogens (tertiary/aromatic N) is 1. The summed E-state index contributed by atoms with van der Waals surface area (Å²) in [6.45, 7) is 3.71. The van der Waals surface area contributed by atoms with Crippen molar-refractivity contribution in [3.63, 3.8) is 0 Å². The summed E-state index contributed by atoms with van der Waals surface area (Å²) in [6, 6.07) is 5.92. The van der Waals surface area contributed by atoms with Crippen LogP contribution in [0.2, 0.25) is 0 Å². The van der Waals surface area contributed by atoms with Crippen molar-refractivity contribution < 1.29 is 14.3 Å². The highest BCUT2D eigenvalue weighted by molar-refractivity contribution is 5.94. The predicted octanol–water partition coefficient (Wildman–Crippen LogP) is 1.77. The van der Waals surface area contributed by atoms with Gasteiger partial charge in [-0.1, -0.05) is 12.1 Å². The topological polar surface area (TPSA) is 58.6 Å². The van der Waals surface area contributed by atoms with Gasteiger partial charge in [-0.2, -0.15) is 0 Å². The van der Waals surface area contributed by atoms with Crippen molar-refractivity contribution in [2.24, 2.45) is 0 Å². The third kappa shape index (κ3) is 3.05. The third-order valence-electron chi connectivity index (χ3n) is 5.00. The number of likely N-dealkylation sites (tertiary alicyclic amines) is 1. The zero-order valence-corrected chi connectivity index (χ0v) is 13.9. The van der Waals surface area contributed by atoms with E-state index in [0.29, 0.717) is 0 Å². The van der Waals surface area contributed by atoms with E-state index in [1.54, 1.807) is 7.11 Å². The van der Waals surface area contributed by atoms with Crippen LogP contribution in [0.3, 0.4) is 0 Å². The quantitative estimate of drug-likeness (QED) is 0.901. The molecule has 0 bridgehead atoms. The van der Waals surface area contributed by atoms with E-state index in [1.165, 1.54) is 0 Å². The highest BCUT2D eigenvalue weighted by atomic mass is 16.5. The molecule has 2 fully saturated rings. The number of aryl methyl sites for hydroxylation is 1. The van der Waals surface area contributed by atoms with Crippen LogP contribution in [0.4, 0.5) is 0 Å². The maximum Gasteiger partial charge on any atom is 0.241 e. The summed E-state index contributed by atoms with van der Waals surface area (Å²) in [5, 5.41) is 2.84. The monoisotopic (exact) mass is 316 g/mol. The second-order valence-electron chi connectivity index (χ2n) is 6.54. The average Bonchev–Trinajstić information content (AvgIpc) is 3.19. The normalized spacial score (nSPS) is 18.6. The number of nitrogens with one attached hydrogen (secondary N) is 1. The Labute approximate surface area is 137 Å². The Morgan fingerprint density at radius 2 is 1.96 bits per heavy atom. The number of amides is 2. The molecule has 23 heavy (non-hydrogen) atoms. The van der Waals surface area contributed by atoms with Crippen molar-refractivity contribution in [1.82, 2.24) is 10.2 Å². The van der Waals surface area contributed by atoms with Gasteiger partial charge in [-0.3, -0.25) is 9.59 Å². The SMILES string of the molecule is COc1cc(C2(C(=O)NCC(=O)N3CCCC3)CC2)ccc1C. The molecule has 0 radical (unpaired) electrons. The van der Waals surface area contributed by atoms with Gasteiger partial charge >= 0.3 is 0 Å². The second kappa shape index (κ2) is 6.22. The lowest BCUT2D eigenvalue weighted by atomic mass is 9.93. The van der Waals surface area contributed by atoms with Crippen LogP contribution in [0.1, 0.15) is 36.8 Å². The van der Waals surface area contributed by atoms with E-state index in [4.69, 9.17) is 4.74 Å². The second-order valence-corrected chi connectivity index (χ2v) is 6.54. The van der Waals surface area contributed by atoms with Gasteiger partial charge in [-0.05, 0) is 49.8 Å². The highest BCUT2D eigenvalue weighted by Crippen LogP contribution is 2.49. The minimum absolute atomic E-state index is 0.0214. The maximum absolute atomic E-state index is 12.6. The van der Waals surface area contributed by atoms with Gasteiger partial charge in [0.25, 0.3) is 0 Å². The van der Waals surface area contributed by atoms with Crippen molar-refractivity contribution in [2.45, 2.75) is 38.0 Å². The van der Waals surface area contributed by atoms with E-state index in [0.717, 1.165) is 55.6 Å². The molecule has 124 valence electrons. The van der Waals surface area contributed by atoms with E-state index in [9.17, 15) is 9.59 Å². The molecule has 1 aromatic rings. The molecule has 1 aliphatic carbocycles. The van der Waals surface area contributed by atoms with Crippen LogP contribution in [0, 0.1) is 6.92 Å². The summed E-state index contributed by atoms with van der Waals surface area (Å²) in [6.07, 6.45) is 3.77. The molecule has 0 atom stereocenters. The number of hydrogen-bond acceptors (Lipinski definition) is 3. The van der Waals surface area contributed by atoms with Crippen LogP contribution in [-0.2, 0) is 15.0 Å². The molecule has 1 aromatic carbocycles. The van der Waals surface area contributed by atoms with Gasteiger partial charge < -0.3 is 15.0 Å². The van der Waals surface area contributed by atoms with Gasteiger partial charge in [0, 0.05) is 13.1 Å². The van der Waals surface area contributed by atoms with Crippen LogP contribution in [0.5, 0.6) is 5.75 Å². The largest absolute Gasteiger partial charge is 0.496 e. The molecule has 5 nitrogen and oxygen atoms in total. The zero-order chi connectivity index (χ0) is 16.4. The first-order valence-electron chi connectivity index (χ1n) is 8.28. The van der Waals surface area contributed by atoms with Gasteiger partial charge in [-0.15, -0.1) is 0 Å². The molecule has 0 spiro atoms. The Hall–Kier alpha value is -2.04. The Morgan fingerprint density at radius 1 is 1.26 bits per heavy atom. The van der Waals surface area contributed by atoms with Crippen molar-refractivity contribution in [3.8, 4) is 5.75 Å². The molecule has 1 aliphatic heterocycles. The van der Waals surface area contributed by atoms with E-state index in [-0.39, 0.29) is 18.4 Å². The van der Waals surface area contributed by atoms with Crippen LogP contribution < -0.4 is 10.1 Å². The summed E-state index contributed by atoms with van der Waals surface area (Å²) in [4.78, 5) is 26.5. The minimum atomic E-state index is -0.480. The first-order chi connectivity index (χ1) is 11.1. The molecule has 0 unspecified atom stereocenters. The number of benzene rings is 1. The van der Waals surface area contributed by atoms with Crippen molar-refractivity contribution in [3.05, 3.63) is 29.3 Å². The number of rotatable bonds is 5. The molecule has 1 heterocycles. The first kappa shape index (κ1) is 15.8. The van der Waals surface area contributed by atoms with Crippen molar-refractivity contribution in [2.75, 3.05) is 26.7 Å². The lowest BCUT2D eigenvalue weighted by Gasteiger charge is -2.19. The molecule has 0 aromatic heterocycles. The molecule has 1 N–H and O–H groups in total. The van der Waals surface area contributed by atoms with Gasteiger partial charge in [-0.25, -0.2) is 0 Å². The van der Waals surface area contributed by atoms with Crippen LogP contribution in [0.25, 0.3) is 0 Å². The minimum Gasteiger partial charge on any atom is -0.496 e. The number of carbonyl (C=O) groups excluding carboxylic acids is 2. The molecule has 1 saturated carbocycles.